The first-order valence-corrected chi connectivity index (χ1v) is 8.30. The molecule has 0 aromatic carbocycles. The fraction of sp³-hybridized carbons (Fsp3) is 0.647. The zero-order chi connectivity index (χ0) is 15.8. The van der Waals surface area contributed by atoms with Crippen LogP contribution in [0.3, 0.4) is 0 Å². The lowest BCUT2D eigenvalue weighted by Crippen LogP contribution is -2.34. The van der Waals surface area contributed by atoms with Gasteiger partial charge in [0.25, 0.3) is 0 Å². The van der Waals surface area contributed by atoms with E-state index < -0.39 is 0 Å². The van der Waals surface area contributed by atoms with Gasteiger partial charge in [0.05, 0.1) is 18.5 Å². The van der Waals surface area contributed by atoms with Crippen LogP contribution in [0.5, 0.6) is 5.88 Å². The number of carbonyl (C=O) groups excluding carboxylic acids is 1. The molecule has 1 fully saturated rings. The molecule has 5 nitrogen and oxygen atoms in total. The lowest BCUT2D eigenvalue weighted by molar-refractivity contribution is -0.120. The average Bonchev–Trinajstić information content (AvgIpc) is 2.57. The predicted octanol–water partition coefficient (Wildman–Crippen LogP) is 2.98. The van der Waals surface area contributed by atoms with E-state index in [0.717, 1.165) is 44.2 Å². The summed E-state index contributed by atoms with van der Waals surface area (Å²) in [7, 11) is 1.99. The number of pyridine rings is 1. The van der Waals surface area contributed by atoms with E-state index in [0.29, 0.717) is 18.5 Å². The third-order valence-electron chi connectivity index (χ3n) is 4.26. The van der Waals surface area contributed by atoms with Crippen LogP contribution in [0.15, 0.2) is 18.3 Å². The van der Waals surface area contributed by atoms with Crippen molar-refractivity contribution in [1.29, 1.82) is 0 Å². The predicted molar refractivity (Wildman–Crippen MR) is 88.1 cm³/mol. The Labute approximate surface area is 132 Å². The van der Waals surface area contributed by atoms with Crippen LogP contribution in [0.2, 0.25) is 0 Å². The quantitative estimate of drug-likeness (QED) is 0.760. The van der Waals surface area contributed by atoms with Crippen molar-refractivity contribution < 1.29 is 9.53 Å². The maximum Gasteiger partial charge on any atom is 0.227 e. The molecule has 1 aliphatic rings. The minimum atomic E-state index is 0.107. The molecular weight excluding hydrogens is 278 g/mol. The van der Waals surface area contributed by atoms with Crippen molar-refractivity contribution in [2.45, 2.75) is 51.5 Å². The molecule has 122 valence electrons. The van der Waals surface area contributed by atoms with Crippen molar-refractivity contribution in [3.8, 4) is 5.88 Å². The Kier molecular flexibility index (Phi) is 6.65. The highest BCUT2D eigenvalue weighted by Crippen LogP contribution is 2.25. The van der Waals surface area contributed by atoms with Crippen LogP contribution < -0.4 is 15.4 Å². The summed E-state index contributed by atoms with van der Waals surface area (Å²) in [4.78, 5) is 16.5. The zero-order valence-corrected chi connectivity index (χ0v) is 13.6. The van der Waals surface area contributed by atoms with Gasteiger partial charge in [-0.15, -0.1) is 0 Å². The van der Waals surface area contributed by atoms with Crippen molar-refractivity contribution in [2.75, 3.05) is 19.0 Å². The Hall–Kier alpha value is -1.62. The number of amides is 1. The number of anilines is 1. The molecule has 0 spiro atoms. The van der Waals surface area contributed by atoms with Gasteiger partial charge in [0.2, 0.25) is 11.8 Å². The number of unbranched alkanes of at least 4 members (excludes halogenated alkanes) is 1. The number of hydrogen-bond donors (Lipinski definition) is 2. The first-order valence-electron chi connectivity index (χ1n) is 8.30. The average molecular weight is 305 g/mol. The van der Waals surface area contributed by atoms with Crippen LogP contribution in [0.4, 0.5) is 5.69 Å². The van der Waals surface area contributed by atoms with Crippen molar-refractivity contribution in [3.63, 3.8) is 0 Å². The molecule has 0 aliphatic heterocycles. The lowest BCUT2D eigenvalue weighted by atomic mass is 9.85. The van der Waals surface area contributed by atoms with Gasteiger partial charge in [-0.05, 0) is 45.2 Å². The van der Waals surface area contributed by atoms with E-state index >= 15 is 0 Å². The van der Waals surface area contributed by atoms with Crippen molar-refractivity contribution in [2.24, 2.45) is 5.92 Å². The molecule has 2 rings (SSSR count). The Bertz CT molecular complexity index is 453. The topological polar surface area (TPSA) is 63.2 Å². The smallest absolute Gasteiger partial charge is 0.227 e. The molecule has 0 bridgehead atoms. The Morgan fingerprint density at radius 3 is 2.68 bits per heavy atom. The molecule has 0 saturated heterocycles. The second kappa shape index (κ2) is 8.73. The zero-order valence-electron chi connectivity index (χ0n) is 13.6. The fourth-order valence-electron chi connectivity index (χ4n) is 2.75. The normalized spacial score (nSPS) is 21.4. The largest absolute Gasteiger partial charge is 0.478 e. The van der Waals surface area contributed by atoms with Gasteiger partial charge in [0.1, 0.15) is 0 Å². The van der Waals surface area contributed by atoms with Crippen molar-refractivity contribution in [1.82, 2.24) is 10.3 Å². The SMILES string of the molecule is CCCCOc1ccc(NC(=O)C2CCC(NC)CC2)cn1. The van der Waals surface area contributed by atoms with Gasteiger partial charge < -0.3 is 15.4 Å². The van der Waals surface area contributed by atoms with Gasteiger partial charge in [0.15, 0.2) is 0 Å². The summed E-state index contributed by atoms with van der Waals surface area (Å²) in [5.41, 5.74) is 0.739. The second-order valence-electron chi connectivity index (χ2n) is 5.91. The number of nitrogens with zero attached hydrogens (tertiary/aromatic N) is 1. The summed E-state index contributed by atoms with van der Waals surface area (Å²) < 4.78 is 5.52. The molecule has 1 aromatic heterocycles. The molecule has 1 saturated carbocycles. The maximum atomic E-state index is 12.3. The molecular formula is C17H27N3O2. The third kappa shape index (κ3) is 4.98. The van der Waals surface area contributed by atoms with Crippen molar-refractivity contribution >= 4 is 11.6 Å². The highest BCUT2D eigenvalue weighted by Gasteiger charge is 2.25. The van der Waals surface area contributed by atoms with Crippen LogP contribution >= 0.6 is 0 Å². The second-order valence-corrected chi connectivity index (χ2v) is 5.91. The first kappa shape index (κ1) is 16.7. The molecule has 0 unspecified atom stereocenters. The molecule has 1 aliphatic carbocycles. The van der Waals surface area contributed by atoms with E-state index in [2.05, 4.69) is 22.5 Å². The van der Waals surface area contributed by atoms with E-state index in [4.69, 9.17) is 4.74 Å². The molecule has 1 amide bonds. The standard InChI is InChI=1S/C17H27N3O2/c1-3-4-11-22-16-10-9-15(12-19-16)20-17(21)13-5-7-14(18-2)8-6-13/h9-10,12-14,18H,3-8,11H2,1-2H3,(H,20,21). The van der Waals surface area contributed by atoms with Gasteiger partial charge in [0, 0.05) is 18.0 Å². The van der Waals surface area contributed by atoms with Crippen LogP contribution in [0.25, 0.3) is 0 Å². The first-order chi connectivity index (χ1) is 10.7. The van der Waals surface area contributed by atoms with Gasteiger partial charge in [-0.3, -0.25) is 4.79 Å². The molecule has 1 heterocycles. The Morgan fingerprint density at radius 2 is 2.09 bits per heavy atom. The molecule has 0 atom stereocenters. The van der Waals surface area contributed by atoms with Crippen LogP contribution in [-0.2, 0) is 4.79 Å². The molecule has 22 heavy (non-hydrogen) atoms. The van der Waals surface area contributed by atoms with E-state index in [1.165, 1.54) is 0 Å². The van der Waals surface area contributed by atoms with Gasteiger partial charge in [-0.25, -0.2) is 4.98 Å². The number of rotatable bonds is 7. The summed E-state index contributed by atoms with van der Waals surface area (Å²) in [5, 5.41) is 6.25. The van der Waals surface area contributed by atoms with Crippen LogP contribution in [-0.4, -0.2) is 30.6 Å². The Balaban J connectivity index is 1.79. The molecule has 5 heteroatoms. The highest BCUT2D eigenvalue weighted by molar-refractivity contribution is 5.92. The Morgan fingerprint density at radius 1 is 1.32 bits per heavy atom. The van der Waals surface area contributed by atoms with E-state index in [9.17, 15) is 4.79 Å². The minimum absolute atomic E-state index is 0.107. The number of hydrogen-bond acceptors (Lipinski definition) is 4. The number of carbonyl (C=O) groups is 1. The highest BCUT2D eigenvalue weighted by atomic mass is 16.5. The monoisotopic (exact) mass is 305 g/mol. The van der Waals surface area contributed by atoms with E-state index in [-0.39, 0.29) is 11.8 Å². The lowest BCUT2D eigenvalue weighted by Gasteiger charge is -2.27. The summed E-state index contributed by atoms with van der Waals surface area (Å²) in [5.74, 6) is 0.835. The van der Waals surface area contributed by atoms with Gasteiger partial charge in [-0.1, -0.05) is 13.3 Å². The molecule has 0 radical (unpaired) electrons. The summed E-state index contributed by atoms with van der Waals surface area (Å²) in [6.07, 6.45) is 7.82. The summed E-state index contributed by atoms with van der Waals surface area (Å²) in [6.45, 7) is 2.81. The number of aromatic nitrogens is 1. The van der Waals surface area contributed by atoms with Gasteiger partial charge >= 0.3 is 0 Å². The molecule has 2 N–H and O–H groups in total. The van der Waals surface area contributed by atoms with E-state index in [1.54, 1.807) is 6.20 Å². The molecule has 1 aromatic rings. The summed E-state index contributed by atoms with van der Waals surface area (Å²) >= 11 is 0. The maximum absolute atomic E-state index is 12.3. The van der Waals surface area contributed by atoms with Crippen molar-refractivity contribution in [3.05, 3.63) is 18.3 Å². The minimum Gasteiger partial charge on any atom is -0.478 e. The van der Waals surface area contributed by atoms with Crippen LogP contribution in [0.1, 0.15) is 45.4 Å². The van der Waals surface area contributed by atoms with Gasteiger partial charge in [-0.2, -0.15) is 0 Å². The van der Waals surface area contributed by atoms with E-state index in [1.807, 2.05) is 19.2 Å². The summed E-state index contributed by atoms with van der Waals surface area (Å²) in [6, 6.07) is 4.22. The van der Waals surface area contributed by atoms with Crippen LogP contribution in [0, 0.1) is 5.92 Å². The fourth-order valence-corrected chi connectivity index (χ4v) is 2.75. The third-order valence-corrected chi connectivity index (χ3v) is 4.26. The number of nitrogens with one attached hydrogen (secondary N) is 2. The number of ether oxygens (including phenoxy) is 1.